The minimum Gasteiger partial charge on any atom is -0.378 e. The lowest BCUT2D eigenvalue weighted by molar-refractivity contribution is -0.120. The molecule has 8 heteroatoms. The van der Waals surface area contributed by atoms with E-state index in [9.17, 15) is 9.59 Å². The van der Waals surface area contributed by atoms with Gasteiger partial charge in [-0.15, -0.1) is 0 Å². The zero-order chi connectivity index (χ0) is 20.9. The molecule has 1 atom stereocenters. The lowest BCUT2D eigenvalue weighted by Crippen LogP contribution is -2.36. The first-order valence-electron chi connectivity index (χ1n) is 9.93. The van der Waals surface area contributed by atoms with Crippen molar-refractivity contribution in [2.45, 2.75) is 19.4 Å². The van der Waals surface area contributed by atoms with Gasteiger partial charge in [0.05, 0.1) is 35.9 Å². The molecule has 1 fully saturated rings. The summed E-state index contributed by atoms with van der Waals surface area (Å²) in [6.07, 6.45) is 0.156. The zero-order valence-corrected chi connectivity index (χ0v) is 17.6. The number of ether oxygens (including phenoxy) is 1. The van der Waals surface area contributed by atoms with Gasteiger partial charge in [-0.2, -0.15) is 0 Å². The number of aromatic nitrogens is 1. The molecular weight excluding hydrogens is 400 g/mol. The Morgan fingerprint density at radius 1 is 1.17 bits per heavy atom. The molecule has 2 amide bonds. The van der Waals surface area contributed by atoms with Crippen molar-refractivity contribution in [3.05, 3.63) is 54.1 Å². The number of amides is 2. The van der Waals surface area contributed by atoms with Crippen molar-refractivity contribution in [2.24, 2.45) is 0 Å². The summed E-state index contributed by atoms with van der Waals surface area (Å²) in [5, 5.41) is 6.79. The number of nitrogens with one attached hydrogen (secondary N) is 2. The summed E-state index contributed by atoms with van der Waals surface area (Å²) < 4.78 is 6.43. The SMILES string of the molecule is CC(=O)N[C@@H](CC(=O)Nc1ccc2nc(N3CCOCC3)sc2c1)c1ccccc1. The molecular formula is C22H24N4O3S. The Labute approximate surface area is 179 Å². The van der Waals surface area contributed by atoms with Crippen LogP contribution in [-0.2, 0) is 14.3 Å². The van der Waals surface area contributed by atoms with E-state index in [1.165, 1.54) is 6.92 Å². The predicted molar refractivity (Wildman–Crippen MR) is 119 cm³/mol. The average molecular weight is 425 g/mol. The van der Waals surface area contributed by atoms with Gasteiger partial charge in [0.2, 0.25) is 11.8 Å². The average Bonchev–Trinajstić information content (AvgIpc) is 3.18. The van der Waals surface area contributed by atoms with E-state index in [-0.39, 0.29) is 24.3 Å². The van der Waals surface area contributed by atoms with Gasteiger partial charge in [0.25, 0.3) is 0 Å². The molecule has 7 nitrogen and oxygen atoms in total. The molecule has 2 aromatic carbocycles. The number of carbonyl (C=O) groups excluding carboxylic acids is 2. The number of fused-ring (bicyclic) bond motifs is 1. The number of nitrogens with zero attached hydrogens (tertiary/aromatic N) is 2. The van der Waals surface area contributed by atoms with E-state index >= 15 is 0 Å². The predicted octanol–water partition coefficient (Wildman–Crippen LogP) is 3.34. The summed E-state index contributed by atoms with van der Waals surface area (Å²) in [7, 11) is 0. The fraction of sp³-hybridized carbons (Fsp3) is 0.318. The maximum Gasteiger partial charge on any atom is 0.226 e. The van der Waals surface area contributed by atoms with E-state index in [2.05, 4.69) is 15.5 Å². The summed E-state index contributed by atoms with van der Waals surface area (Å²) in [4.78, 5) is 31.2. The van der Waals surface area contributed by atoms with Crippen LogP contribution in [-0.4, -0.2) is 43.1 Å². The van der Waals surface area contributed by atoms with E-state index in [1.54, 1.807) is 11.3 Å². The van der Waals surface area contributed by atoms with E-state index in [4.69, 9.17) is 9.72 Å². The summed E-state index contributed by atoms with van der Waals surface area (Å²) in [6, 6.07) is 14.9. The molecule has 0 aliphatic carbocycles. The van der Waals surface area contributed by atoms with Crippen molar-refractivity contribution in [1.82, 2.24) is 10.3 Å². The molecule has 4 rings (SSSR count). The lowest BCUT2D eigenvalue weighted by atomic mass is 10.0. The standard InChI is InChI=1S/C22H24N4O3S/c1-15(27)23-19(16-5-3-2-4-6-16)14-21(28)24-17-7-8-18-20(13-17)30-22(25-18)26-9-11-29-12-10-26/h2-8,13,19H,9-12,14H2,1H3,(H,23,27)(H,24,28)/t19-/m0/s1. The molecule has 0 saturated carbocycles. The maximum atomic E-state index is 12.7. The molecule has 30 heavy (non-hydrogen) atoms. The highest BCUT2D eigenvalue weighted by Crippen LogP contribution is 2.31. The van der Waals surface area contributed by atoms with Crippen LogP contribution in [0.25, 0.3) is 10.2 Å². The van der Waals surface area contributed by atoms with E-state index in [0.29, 0.717) is 13.2 Å². The molecule has 0 unspecified atom stereocenters. The number of hydrogen-bond donors (Lipinski definition) is 2. The van der Waals surface area contributed by atoms with Gasteiger partial charge in [0.1, 0.15) is 0 Å². The van der Waals surface area contributed by atoms with Crippen molar-refractivity contribution in [1.29, 1.82) is 0 Å². The fourth-order valence-corrected chi connectivity index (χ4v) is 4.52. The van der Waals surface area contributed by atoms with Crippen LogP contribution in [0.2, 0.25) is 0 Å². The van der Waals surface area contributed by atoms with Gasteiger partial charge >= 0.3 is 0 Å². The Bertz CT molecular complexity index is 1030. The first-order chi connectivity index (χ1) is 14.6. The van der Waals surface area contributed by atoms with Gasteiger partial charge in [-0.3, -0.25) is 9.59 Å². The third-order valence-corrected chi connectivity index (χ3v) is 5.99. The Hall–Kier alpha value is -2.97. The van der Waals surface area contributed by atoms with Crippen molar-refractivity contribution in [3.8, 4) is 0 Å². The molecule has 156 valence electrons. The van der Waals surface area contributed by atoms with Gasteiger partial charge in [-0.1, -0.05) is 41.7 Å². The number of morpholine rings is 1. The highest BCUT2D eigenvalue weighted by molar-refractivity contribution is 7.22. The first kappa shape index (κ1) is 20.3. The topological polar surface area (TPSA) is 83.6 Å². The highest BCUT2D eigenvalue weighted by atomic mass is 32.1. The van der Waals surface area contributed by atoms with E-state index in [1.807, 2.05) is 48.5 Å². The van der Waals surface area contributed by atoms with Gasteiger partial charge in [0.15, 0.2) is 5.13 Å². The Morgan fingerprint density at radius 2 is 1.93 bits per heavy atom. The number of carbonyl (C=O) groups is 2. The molecule has 2 N–H and O–H groups in total. The van der Waals surface area contributed by atoms with Crippen LogP contribution >= 0.6 is 11.3 Å². The van der Waals surface area contributed by atoms with E-state index < -0.39 is 0 Å². The quantitative estimate of drug-likeness (QED) is 0.634. The highest BCUT2D eigenvalue weighted by Gasteiger charge is 2.18. The van der Waals surface area contributed by atoms with Gasteiger partial charge < -0.3 is 20.3 Å². The molecule has 1 aliphatic rings. The van der Waals surface area contributed by atoms with Gasteiger partial charge in [0, 0.05) is 25.7 Å². The van der Waals surface area contributed by atoms with Crippen LogP contribution in [0.4, 0.5) is 10.8 Å². The normalized spacial score (nSPS) is 15.0. The minimum atomic E-state index is -0.372. The third kappa shape index (κ3) is 4.95. The smallest absolute Gasteiger partial charge is 0.226 e. The number of rotatable bonds is 6. The monoisotopic (exact) mass is 424 g/mol. The summed E-state index contributed by atoms with van der Waals surface area (Å²) in [6.45, 7) is 4.57. The van der Waals surface area contributed by atoms with Crippen molar-refractivity contribution in [3.63, 3.8) is 0 Å². The summed E-state index contributed by atoms with van der Waals surface area (Å²) in [5.74, 6) is -0.326. The molecule has 2 heterocycles. The maximum absolute atomic E-state index is 12.7. The fourth-order valence-electron chi connectivity index (χ4n) is 3.46. The largest absolute Gasteiger partial charge is 0.378 e. The van der Waals surface area contributed by atoms with Crippen LogP contribution in [0.3, 0.4) is 0 Å². The number of hydrogen-bond acceptors (Lipinski definition) is 6. The van der Waals surface area contributed by atoms with Crippen molar-refractivity contribution >= 4 is 44.2 Å². The van der Waals surface area contributed by atoms with Crippen LogP contribution in [0.5, 0.6) is 0 Å². The molecule has 1 aromatic heterocycles. The number of anilines is 2. The first-order valence-corrected chi connectivity index (χ1v) is 10.8. The van der Waals surface area contributed by atoms with Crippen LogP contribution in [0, 0.1) is 0 Å². The van der Waals surface area contributed by atoms with Crippen LogP contribution in [0.1, 0.15) is 24.9 Å². The molecule has 0 bridgehead atoms. The van der Waals surface area contributed by atoms with Crippen LogP contribution in [0.15, 0.2) is 48.5 Å². The zero-order valence-electron chi connectivity index (χ0n) is 16.8. The second-order valence-corrected chi connectivity index (χ2v) is 8.20. The summed E-state index contributed by atoms with van der Waals surface area (Å²) >= 11 is 1.62. The lowest BCUT2D eigenvalue weighted by Gasteiger charge is -2.25. The number of thiazole rings is 1. The second kappa shape index (κ2) is 9.23. The summed E-state index contributed by atoms with van der Waals surface area (Å²) in [5.41, 5.74) is 2.54. The Balaban J connectivity index is 1.45. The number of benzene rings is 2. The van der Waals surface area contributed by atoms with Crippen molar-refractivity contribution < 1.29 is 14.3 Å². The van der Waals surface area contributed by atoms with E-state index in [0.717, 1.165) is 39.7 Å². The minimum absolute atomic E-state index is 0.156. The van der Waals surface area contributed by atoms with Gasteiger partial charge in [-0.25, -0.2) is 4.98 Å². The Morgan fingerprint density at radius 3 is 2.67 bits per heavy atom. The third-order valence-electron chi connectivity index (χ3n) is 4.91. The molecule has 1 aliphatic heterocycles. The molecule has 1 saturated heterocycles. The van der Waals surface area contributed by atoms with Crippen molar-refractivity contribution in [2.75, 3.05) is 36.5 Å². The Kier molecular flexibility index (Phi) is 6.25. The second-order valence-electron chi connectivity index (χ2n) is 7.19. The molecule has 3 aromatic rings. The molecule has 0 radical (unpaired) electrons. The van der Waals surface area contributed by atoms with Crippen LogP contribution < -0.4 is 15.5 Å². The molecule has 0 spiro atoms. The van der Waals surface area contributed by atoms with Gasteiger partial charge in [-0.05, 0) is 23.8 Å².